The third kappa shape index (κ3) is 4.57. The first kappa shape index (κ1) is 28.9. The number of amides is 1. The lowest BCUT2D eigenvalue weighted by Gasteiger charge is -2.22. The van der Waals surface area contributed by atoms with Gasteiger partial charge in [0.05, 0.1) is 0 Å². The van der Waals surface area contributed by atoms with Crippen molar-refractivity contribution in [2.45, 2.75) is 34.6 Å². The van der Waals surface area contributed by atoms with E-state index < -0.39 is 0 Å². The molecule has 6 aromatic carbocycles. The number of benzene rings is 6. The molecule has 228 valence electrons. The molecule has 0 fully saturated rings. The standard InChI is InChI=1S/C44H36N2O/c1-6-45-44(47)43-42-33(21-22-46-43)37(30-16-9-26(3)10-17-30)36-24-34(29-14-7-25(2)8-15-29)40-38(31-18-11-27(4)12-19-31)35-23-28(5)13-20-32(35)39(42)41(36)40/h7-24H,6H2,1-5H3,(H,45,47). The summed E-state index contributed by atoms with van der Waals surface area (Å²) in [6.07, 6.45) is 4.18. The van der Waals surface area contributed by atoms with Crippen molar-refractivity contribution in [3.05, 3.63) is 148 Å². The van der Waals surface area contributed by atoms with E-state index in [4.69, 9.17) is 4.98 Å². The minimum atomic E-state index is -0.155. The van der Waals surface area contributed by atoms with Gasteiger partial charge in [-0.3, -0.25) is 9.78 Å². The highest BCUT2D eigenvalue weighted by Gasteiger charge is 2.31. The molecule has 1 aliphatic rings. The van der Waals surface area contributed by atoms with Crippen molar-refractivity contribution < 1.29 is 4.79 Å². The van der Waals surface area contributed by atoms with Crippen LogP contribution in [0.5, 0.6) is 0 Å². The zero-order chi connectivity index (χ0) is 32.4. The maximum Gasteiger partial charge on any atom is 0.270 e. The van der Waals surface area contributed by atoms with Crippen LogP contribution in [0.4, 0.5) is 0 Å². The van der Waals surface area contributed by atoms with Crippen LogP contribution in [0.15, 0.2) is 103 Å². The molecule has 1 aliphatic carbocycles. The van der Waals surface area contributed by atoms with Crippen molar-refractivity contribution in [1.82, 2.24) is 10.3 Å². The molecule has 3 heteroatoms. The molecule has 0 saturated carbocycles. The van der Waals surface area contributed by atoms with Crippen LogP contribution in [-0.4, -0.2) is 17.4 Å². The first-order chi connectivity index (χ1) is 22.8. The molecule has 0 aliphatic heterocycles. The lowest BCUT2D eigenvalue weighted by molar-refractivity contribution is 0.0953. The molecule has 1 amide bonds. The van der Waals surface area contributed by atoms with Crippen LogP contribution >= 0.6 is 0 Å². The summed E-state index contributed by atoms with van der Waals surface area (Å²) in [6, 6.07) is 35.4. The van der Waals surface area contributed by atoms with Crippen LogP contribution < -0.4 is 5.32 Å². The zero-order valence-corrected chi connectivity index (χ0v) is 27.5. The van der Waals surface area contributed by atoms with Crippen molar-refractivity contribution >= 4 is 49.9 Å². The van der Waals surface area contributed by atoms with Crippen molar-refractivity contribution in [2.75, 3.05) is 6.54 Å². The zero-order valence-electron chi connectivity index (χ0n) is 27.5. The quantitative estimate of drug-likeness (QED) is 0.198. The normalized spacial score (nSPS) is 12.2. The molecule has 0 radical (unpaired) electrons. The van der Waals surface area contributed by atoms with E-state index in [2.05, 4.69) is 136 Å². The fourth-order valence-electron chi connectivity index (χ4n) is 7.38. The molecule has 0 unspecified atom stereocenters. The Balaban J connectivity index is 1.67. The number of aromatic nitrogens is 1. The summed E-state index contributed by atoms with van der Waals surface area (Å²) < 4.78 is 0. The summed E-state index contributed by atoms with van der Waals surface area (Å²) in [5.74, 6) is -0.155. The number of carbonyl (C=O) groups is 1. The first-order valence-corrected chi connectivity index (χ1v) is 16.4. The minimum Gasteiger partial charge on any atom is -0.351 e. The van der Waals surface area contributed by atoms with Gasteiger partial charge in [-0.25, -0.2) is 0 Å². The number of nitrogens with one attached hydrogen (secondary N) is 1. The molecule has 0 spiro atoms. The summed E-state index contributed by atoms with van der Waals surface area (Å²) in [5.41, 5.74) is 14.7. The van der Waals surface area contributed by atoms with Crippen LogP contribution in [0.25, 0.3) is 66.2 Å². The van der Waals surface area contributed by atoms with Crippen LogP contribution in [0.3, 0.4) is 0 Å². The number of nitrogens with zero attached hydrogens (tertiary/aromatic N) is 1. The predicted molar refractivity (Wildman–Crippen MR) is 198 cm³/mol. The van der Waals surface area contributed by atoms with Crippen molar-refractivity contribution in [3.63, 3.8) is 0 Å². The highest BCUT2D eigenvalue weighted by molar-refractivity contribution is 6.36. The van der Waals surface area contributed by atoms with E-state index in [9.17, 15) is 4.79 Å². The minimum absolute atomic E-state index is 0.155. The maximum absolute atomic E-state index is 13.8. The Kier molecular flexibility index (Phi) is 6.80. The second-order valence-electron chi connectivity index (χ2n) is 12.9. The highest BCUT2D eigenvalue weighted by Crippen LogP contribution is 2.54. The van der Waals surface area contributed by atoms with E-state index in [0.717, 1.165) is 32.7 Å². The fraction of sp³-hybridized carbons (Fsp3) is 0.136. The number of pyridine rings is 1. The second kappa shape index (κ2) is 11.1. The number of carbonyl (C=O) groups excluding carboxylic acids is 1. The van der Waals surface area contributed by atoms with Gasteiger partial charge in [-0.05, 0) is 113 Å². The van der Waals surface area contributed by atoms with Gasteiger partial charge in [-0.15, -0.1) is 0 Å². The molecule has 0 saturated heterocycles. The molecule has 8 rings (SSSR count). The molecule has 1 heterocycles. The smallest absolute Gasteiger partial charge is 0.270 e. The number of rotatable bonds is 5. The molecular formula is C44H36N2O. The third-order valence-electron chi connectivity index (χ3n) is 9.63. The lowest BCUT2D eigenvalue weighted by atomic mass is 9.81. The summed E-state index contributed by atoms with van der Waals surface area (Å²) in [6.45, 7) is 11.0. The predicted octanol–water partition coefficient (Wildman–Crippen LogP) is 10.8. The monoisotopic (exact) mass is 608 g/mol. The van der Waals surface area contributed by atoms with Gasteiger partial charge in [0.15, 0.2) is 0 Å². The van der Waals surface area contributed by atoms with E-state index in [1.54, 1.807) is 6.20 Å². The Morgan fingerprint density at radius 3 is 1.77 bits per heavy atom. The van der Waals surface area contributed by atoms with E-state index in [-0.39, 0.29) is 5.91 Å². The molecule has 0 atom stereocenters. The molecule has 7 aromatic rings. The van der Waals surface area contributed by atoms with Crippen LogP contribution in [0.1, 0.15) is 56.4 Å². The van der Waals surface area contributed by atoms with E-state index in [1.807, 2.05) is 6.92 Å². The van der Waals surface area contributed by atoms with E-state index in [1.165, 1.54) is 66.4 Å². The third-order valence-corrected chi connectivity index (χ3v) is 9.63. The average Bonchev–Trinajstić information content (AvgIpc) is 3.46. The summed E-state index contributed by atoms with van der Waals surface area (Å²) in [5, 5.41) is 9.55. The van der Waals surface area contributed by atoms with Gasteiger partial charge in [-0.2, -0.15) is 0 Å². The van der Waals surface area contributed by atoms with Crippen LogP contribution in [-0.2, 0) is 0 Å². The Labute approximate surface area is 275 Å². The Morgan fingerprint density at radius 2 is 1.15 bits per heavy atom. The molecular weight excluding hydrogens is 572 g/mol. The van der Waals surface area contributed by atoms with Gasteiger partial charge in [0.1, 0.15) is 5.69 Å². The fourth-order valence-corrected chi connectivity index (χ4v) is 7.38. The van der Waals surface area contributed by atoms with Gasteiger partial charge in [0.25, 0.3) is 5.91 Å². The molecule has 47 heavy (non-hydrogen) atoms. The van der Waals surface area contributed by atoms with Gasteiger partial charge < -0.3 is 5.32 Å². The largest absolute Gasteiger partial charge is 0.351 e. The molecule has 1 N–H and O–H groups in total. The SMILES string of the molecule is CCNC(=O)c1nccc2c(-c3ccc(C)cc3)c3c4c(c(-c5ccc(C)cc5)c5cc(C)ccc5c4c12)C(c1ccc(C)cc1)=C3. The summed E-state index contributed by atoms with van der Waals surface area (Å²) >= 11 is 0. The van der Waals surface area contributed by atoms with Crippen molar-refractivity contribution in [1.29, 1.82) is 0 Å². The first-order valence-electron chi connectivity index (χ1n) is 16.4. The summed E-state index contributed by atoms with van der Waals surface area (Å²) in [4.78, 5) is 18.6. The lowest BCUT2D eigenvalue weighted by Crippen LogP contribution is -2.24. The van der Waals surface area contributed by atoms with Crippen LogP contribution in [0, 0.1) is 27.7 Å². The number of hydrogen-bond donors (Lipinski definition) is 1. The molecule has 3 nitrogen and oxygen atoms in total. The highest BCUT2D eigenvalue weighted by atomic mass is 16.1. The number of hydrogen-bond acceptors (Lipinski definition) is 2. The average molecular weight is 609 g/mol. The van der Waals surface area contributed by atoms with Crippen molar-refractivity contribution in [3.8, 4) is 22.3 Å². The second-order valence-corrected chi connectivity index (χ2v) is 12.9. The topological polar surface area (TPSA) is 42.0 Å². The van der Waals surface area contributed by atoms with Crippen LogP contribution in [0.2, 0.25) is 0 Å². The van der Waals surface area contributed by atoms with Gasteiger partial charge in [-0.1, -0.05) is 113 Å². The summed E-state index contributed by atoms with van der Waals surface area (Å²) in [7, 11) is 0. The van der Waals surface area contributed by atoms with Gasteiger partial charge in [0.2, 0.25) is 0 Å². The number of fused-ring (bicyclic) bond motifs is 4. The Morgan fingerprint density at radius 1 is 0.574 bits per heavy atom. The molecule has 0 bridgehead atoms. The Bertz CT molecular complexity index is 2430. The number of aryl methyl sites for hydroxylation is 4. The maximum atomic E-state index is 13.8. The van der Waals surface area contributed by atoms with Gasteiger partial charge >= 0.3 is 0 Å². The van der Waals surface area contributed by atoms with Crippen molar-refractivity contribution in [2.24, 2.45) is 0 Å². The van der Waals surface area contributed by atoms with E-state index >= 15 is 0 Å². The van der Waals surface area contributed by atoms with E-state index in [0.29, 0.717) is 12.2 Å². The molecule has 1 aromatic heterocycles. The van der Waals surface area contributed by atoms with Gasteiger partial charge in [0, 0.05) is 23.5 Å². The Hall–Kier alpha value is -5.54.